The van der Waals surface area contributed by atoms with Crippen LogP contribution in [0.4, 0.5) is 0 Å². The van der Waals surface area contributed by atoms with E-state index in [1.165, 1.54) is 36.4 Å². The minimum atomic E-state index is -3.87. The number of aromatic hydroxyl groups is 2. The summed E-state index contributed by atoms with van der Waals surface area (Å²) in [5.41, 5.74) is 2.60. The van der Waals surface area contributed by atoms with E-state index in [-0.39, 0.29) is 22.3 Å². The van der Waals surface area contributed by atoms with Crippen molar-refractivity contribution in [3.8, 4) is 11.5 Å². The number of benzene rings is 3. The number of halogens is 1. The molecule has 9 heteroatoms. The molecule has 1 aliphatic rings. The van der Waals surface area contributed by atoms with Gasteiger partial charge in [-0.25, -0.2) is 13.6 Å². The third kappa shape index (κ3) is 4.10. The number of hydrogen-bond acceptors (Lipinski definition) is 5. The summed E-state index contributed by atoms with van der Waals surface area (Å²) in [7, 11) is -3.87. The third-order valence-corrected chi connectivity index (χ3v) is 6.52. The minimum Gasteiger partial charge on any atom is -0.504 e. The second-order valence-corrected chi connectivity index (χ2v) is 9.31. The van der Waals surface area contributed by atoms with Gasteiger partial charge < -0.3 is 15.1 Å². The van der Waals surface area contributed by atoms with Crippen LogP contribution in [0.5, 0.6) is 11.5 Å². The molecule has 3 aromatic carbocycles. The molecular weight excluding hydrogens is 440 g/mol. The Morgan fingerprint density at radius 2 is 1.61 bits per heavy atom. The van der Waals surface area contributed by atoms with Gasteiger partial charge in [0.25, 0.3) is 5.91 Å². The van der Waals surface area contributed by atoms with Crippen molar-refractivity contribution in [1.29, 1.82) is 0 Å². The molecule has 1 aliphatic heterocycles. The van der Waals surface area contributed by atoms with E-state index in [0.717, 1.165) is 11.1 Å². The molecule has 0 fully saturated rings. The molecular formula is C22H19ClN2O5S. The lowest BCUT2D eigenvalue weighted by atomic mass is 9.87. The first-order valence-corrected chi connectivity index (χ1v) is 11.3. The number of carbonyl (C=O) groups excluding carboxylic acids is 1. The van der Waals surface area contributed by atoms with Crippen molar-refractivity contribution < 1.29 is 23.4 Å². The zero-order valence-electron chi connectivity index (χ0n) is 16.2. The molecule has 0 spiro atoms. The molecule has 4 N–H and O–H groups in total. The Balaban J connectivity index is 1.79. The fraction of sp³-hybridized carbons (Fsp3) is 0.136. The van der Waals surface area contributed by atoms with Crippen LogP contribution in [-0.4, -0.2) is 36.0 Å². The van der Waals surface area contributed by atoms with Crippen molar-refractivity contribution in [3.63, 3.8) is 0 Å². The van der Waals surface area contributed by atoms with Gasteiger partial charge in [-0.3, -0.25) is 4.79 Å². The number of sulfonamides is 1. The van der Waals surface area contributed by atoms with Gasteiger partial charge in [0.05, 0.1) is 10.9 Å². The summed E-state index contributed by atoms with van der Waals surface area (Å²) in [6.45, 7) is 0.361. The van der Waals surface area contributed by atoms with Gasteiger partial charge in [-0.2, -0.15) is 0 Å². The summed E-state index contributed by atoms with van der Waals surface area (Å²) in [6.07, 6.45) is 0.480. The zero-order valence-corrected chi connectivity index (χ0v) is 17.8. The first-order valence-electron chi connectivity index (χ1n) is 9.39. The van der Waals surface area contributed by atoms with Crippen molar-refractivity contribution in [2.24, 2.45) is 5.14 Å². The number of rotatable bonds is 3. The highest BCUT2D eigenvalue weighted by molar-refractivity contribution is 7.89. The highest BCUT2D eigenvalue weighted by Crippen LogP contribution is 2.41. The van der Waals surface area contributed by atoms with Crippen molar-refractivity contribution in [1.82, 2.24) is 4.90 Å². The van der Waals surface area contributed by atoms with Crippen LogP contribution in [0.15, 0.2) is 65.6 Å². The van der Waals surface area contributed by atoms with Gasteiger partial charge in [0, 0.05) is 17.1 Å². The van der Waals surface area contributed by atoms with Crippen LogP contribution in [0.1, 0.15) is 33.1 Å². The van der Waals surface area contributed by atoms with E-state index in [1.54, 1.807) is 29.2 Å². The maximum Gasteiger partial charge on any atom is 0.254 e. The molecule has 160 valence electrons. The molecule has 1 heterocycles. The fourth-order valence-electron chi connectivity index (χ4n) is 3.82. The molecule has 4 rings (SSSR count). The molecule has 1 unspecified atom stereocenters. The summed E-state index contributed by atoms with van der Waals surface area (Å²) >= 11 is 6.03. The van der Waals surface area contributed by atoms with E-state index in [9.17, 15) is 23.4 Å². The largest absolute Gasteiger partial charge is 0.504 e. The van der Waals surface area contributed by atoms with Gasteiger partial charge in [0.15, 0.2) is 11.5 Å². The SMILES string of the molecule is NS(=O)(=O)c1ccc(C(=O)N2CCc3cc(O)c(O)cc3C2c2ccc(Cl)cc2)cc1. The Bertz CT molecular complexity index is 1260. The zero-order chi connectivity index (χ0) is 22.3. The number of amides is 1. The van der Waals surface area contributed by atoms with Gasteiger partial charge in [-0.1, -0.05) is 23.7 Å². The smallest absolute Gasteiger partial charge is 0.254 e. The number of hydrogen-bond donors (Lipinski definition) is 3. The Kier molecular flexibility index (Phi) is 5.38. The number of nitrogens with zero attached hydrogens (tertiary/aromatic N) is 1. The van der Waals surface area contributed by atoms with Gasteiger partial charge in [0.2, 0.25) is 10.0 Å². The average Bonchev–Trinajstić information content (AvgIpc) is 2.74. The number of nitrogens with two attached hydrogens (primary N) is 1. The molecule has 0 saturated carbocycles. The number of fused-ring (bicyclic) bond motifs is 1. The Morgan fingerprint density at radius 1 is 1.00 bits per heavy atom. The summed E-state index contributed by atoms with van der Waals surface area (Å²) in [6, 6.07) is 14.9. The monoisotopic (exact) mass is 458 g/mol. The molecule has 0 radical (unpaired) electrons. The van der Waals surface area contributed by atoms with Gasteiger partial charge in [-0.05, 0) is 71.6 Å². The molecule has 0 bridgehead atoms. The maximum absolute atomic E-state index is 13.4. The van der Waals surface area contributed by atoms with Crippen LogP contribution in [0.25, 0.3) is 0 Å². The molecule has 31 heavy (non-hydrogen) atoms. The topological polar surface area (TPSA) is 121 Å². The van der Waals surface area contributed by atoms with Gasteiger partial charge >= 0.3 is 0 Å². The predicted octanol–water partition coefficient (Wildman–Crippen LogP) is 3.19. The summed E-state index contributed by atoms with van der Waals surface area (Å²) < 4.78 is 23.0. The summed E-state index contributed by atoms with van der Waals surface area (Å²) in [4.78, 5) is 14.9. The number of primary sulfonamides is 1. The molecule has 3 aromatic rings. The molecule has 0 aromatic heterocycles. The van der Waals surface area contributed by atoms with E-state index >= 15 is 0 Å². The lowest BCUT2D eigenvalue weighted by molar-refractivity contribution is 0.0694. The lowest BCUT2D eigenvalue weighted by Gasteiger charge is -2.38. The Labute approximate surface area is 184 Å². The lowest BCUT2D eigenvalue weighted by Crippen LogP contribution is -2.40. The predicted molar refractivity (Wildman–Crippen MR) is 116 cm³/mol. The van der Waals surface area contributed by atoms with Crippen molar-refractivity contribution in [2.75, 3.05) is 6.54 Å². The first-order chi connectivity index (χ1) is 14.6. The van der Waals surface area contributed by atoms with Gasteiger partial charge in [0.1, 0.15) is 0 Å². The quantitative estimate of drug-likeness (QED) is 0.520. The standard InChI is InChI=1S/C22H19ClN2O5S/c23-16-5-1-13(2-6-16)21-18-12-20(27)19(26)11-15(18)9-10-25(21)22(28)14-3-7-17(8-4-14)31(24,29)30/h1-8,11-12,21,26-27H,9-10H2,(H2,24,29,30). The van der Waals surface area contributed by atoms with E-state index in [1.807, 2.05) is 0 Å². The highest BCUT2D eigenvalue weighted by Gasteiger charge is 2.33. The van der Waals surface area contributed by atoms with Crippen molar-refractivity contribution in [3.05, 3.63) is 87.9 Å². The maximum atomic E-state index is 13.4. The van der Waals surface area contributed by atoms with Crippen LogP contribution < -0.4 is 5.14 Å². The molecule has 7 nitrogen and oxygen atoms in total. The van der Waals surface area contributed by atoms with Crippen LogP contribution in [0.2, 0.25) is 5.02 Å². The Morgan fingerprint density at radius 3 is 2.23 bits per heavy atom. The Hall–Kier alpha value is -3.07. The van der Waals surface area contributed by atoms with E-state index in [2.05, 4.69) is 0 Å². The fourth-order valence-corrected chi connectivity index (χ4v) is 4.46. The summed E-state index contributed by atoms with van der Waals surface area (Å²) in [5, 5.41) is 25.7. The summed E-state index contributed by atoms with van der Waals surface area (Å²) in [5.74, 6) is -0.796. The molecule has 1 atom stereocenters. The minimum absolute atomic E-state index is 0.0808. The number of carbonyl (C=O) groups is 1. The molecule has 0 aliphatic carbocycles. The van der Waals surface area contributed by atoms with Crippen LogP contribution >= 0.6 is 11.6 Å². The normalized spacial score (nSPS) is 16.1. The number of phenols is 2. The van der Waals surface area contributed by atoms with Crippen molar-refractivity contribution >= 4 is 27.5 Å². The average molecular weight is 459 g/mol. The highest BCUT2D eigenvalue weighted by atomic mass is 35.5. The van der Waals surface area contributed by atoms with Crippen LogP contribution in [0, 0.1) is 0 Å². The second-order valence-electron chi connectivity index (χ2n) is 7.31. The van der Waals surface area contributed by atoms with E-state index in [0.29, 0.717) is 29.1 Å². The third-order valence-electron chi connectivity index (χ3n) is 5.34. The first kappa shape index (κ1) is 21.2. The van der Waals surface area contributed by atoms with Gasteiger partial charge in [-0.15, -0.1) is 0 Å². The molecule has 0 saturated heterocycles. The van der Waals surface area contributed by atoms with E-state index < -0.39 is 16.1 Å². The van der Waals surface area contributed by atoms with Crippen LogP contribution in [-0.2, 0) is 16.4 Å². The van der Waals surface area contributed by atoms with E-state index in [4.69, 9.17) is 16.7 Å². The van der Waals surface area contributed by atoms with Crippen molar-refractivity contribution in [2.45, 2.75) is 17.4 Å². The van der Waals surface area contributed by atoms with Crippen LogP contribution in [0.3, 0.4) is 0 Å². The number of phenolic OH excluding ortho intramolecular Hbond substituents is 2. The second kappa shape index (κ2) is 7.88. The molecule has 1 amide bonds.